The van der Waals surface area contributed by atoms with Crippen LogP contribution in [0, 0.1) is 6.92 Å². The number of amides is 2. The number of benzene rings is 1. The summed E-state index contributed by atoms with van der Waals surface area (Å²) < 4.78 is 7.46. The van der Waals surface area contributed by atoms with Crippen molar-refractivity contribution in [2.75, 3.05) is 18.5 Å². The molecule has 3 heterocycles. The summed E-state index contributed by atoms with van der Waals surface area (Å²) in [5.41, 5.74) is 3.06. The van der Waals surface area contributed by atoms with Gasteiger partial charge in [0.1, 0.15) is 5.69 Å². The summed E-state index contributed by atoms with van der Waals surface area (Å²) >= 11 is 0. The number of carbonyl (C=O) groups is 2. The van der Waals surface area contributed by atoms with Gasteiger partial charge in [0.25, 0.3) is 11.8 Å². The molecule has 148 valence electrons. The fraction of sp³-hybridized carbons (Fsp3) is 0.476. The summed E-state index contributed by atoms with van der Waals surface area (Å²) in [6.07, 6.45) is 4.80. The maximum atomic E-state index is 12.8. The number of nitrogens with one attached hydrogen (secondary N) is 2. The van der Waals surface area contributed by atoms with E-state index in [0.717, 1.165) is 50.0 Å². The molecule has 1 unspecified atom stereocenters. The third kappa shape index (κ3) is 3.94. The SMILES string of the molecule is Cc1ccc(NC(=O)c2nc(C(=O)NCC3CCCO3)c3n2CCCC3)cc1. The van der Waals surface area contributed by atoms with Crippen LogP contribution in [0.5, 0.6) is 0 Å². The Balaban J connectivity index is 1.53. The fourth-order valence-electron chi connectivity index (χ4n) is 3.82. The zero-order chi connectivity index (χ0) is 19.5. The topological polar surface area (TPSA) is 85.2 Å². The zero-order valence-electron chi connectivity index (χ0n) is 16.2. The number of ether oxygens (including phenoxy) is 1. The van der Waals surface area contributed by atoms with Crippen molar-refractivity contribution >= 4 is 17.5 Å². The van der Waals surface area contributed by atoms with Gasteiger partial charge in [-0.25, -0.2) is 4.98 Å². The maximum Gasteiger partial charge on any atom is 0.291 e. The highest BCUT2D eigenvalue weighted by Gasteiger charge is 2.28. The first kappa shape index (κ1) is 18.7. The number of carbonyl (C=O) groups excluding carboxylic acids is 2. The van der Waals surface area contributed by atoms with Gasteiger partial charge in [-0.05, 0) is 51.2 Å². The lowest BCUT2D eigenvalue weighted by Crippen LogP contribution is -2.32. The molecule has 1 aromatic heterocycles. The molecule has 2 aromatic rings. The minimum Gasteiger partial charge on any atom is -0.376 e. The first-order valence-electron chi connectivity index (χ1n) is 9.99. The molecular weight excluding hydrogens is 356 g/mol. The van der Waals surface area contributed by atoms with Gasteiger partial charge in [0.2, 0.25) is 0 Å². The van der Waals surface area contributed by atoms with Crippen molar-refractivity contribution in [3.63, 3.8) is 0 Å². The normalized spacial score (nSPS) is 18.5. The maximum absolute atomic E-state index is 12.8. The predicted octanol–water partition coefficient (Wildman–Crippen LogP) is 2.69. The number of anilines is 1. The Morgan fingerprint density at radius 1 is 1.18 bits per heavy atom. The zero-order valence-corrected chi connectivity index (χ0v) is 16.2. The van der Waals surface area contributed by atoms with Crippen LogP contribution in [0.1, 0.15) is 58.0 Å². The van der Waals surface area contributed by atoms with Gasteiger partial charge in [-0.15, -0.1) is 0 Å². The van der Waals surface area contributed by atoms with Crippen LogP contribution < -0.4 is 10.6 Å². The van der Waals surface area contributed by atoms with E-state index < -0.39 is 0 Å². The molecule has 2 amide bonds. The lowest BCUT2D eigenvalue weighted by Gasteiger charge is -2.17. The van der Waals surface area contributed by atoms with E-state index in [9.17, 15) is 9.59 Å². The smallest absolute Gasteiger partial charge is 0.291 e. The van der Waals surface area contributed by atoms with Gasteiger partial charge in [-0.2, -0.15) is 0 Å². The minimum absolute atomic E-state index is 0.0756. The van der Waals surface area contributed by atoms with Crippen molar-refractivity contribution in [2.45, 2.75) is 51.7 Å². The largest absolute Gasteiger partial charge is 0.376 e. The first-order chi connectivity index (χ1) is 13.6. The van der Waals surface area contributed by atoms with E-state index in [-0.39, 0.29) is 17.9 Å². The molecule has 0 saturated carbocycles. The van der Waals surface area contributed by atoms with Gasteiger partial charge < -0.3 is 19.9 Å². The molecular formula is C21H26N4O3. The van der Waals surface area contributed by atoms with E-state index in [1.807, 2.05) is 35.8 Å². The molecule has 2 N–H and O–H groups in total. The summed E-state index contributed by atoms with van der Waals surface area (Å²) in [4.78, 5) is 30.0. The van der Waals surface area contributed by atoms with E-state index >= 15 is 0 Å². The second-order valence-corrected chi connectivity index (χ2v) is 7.50. The predicted molar refractivity (Wildman–Crippen MR) is 106 cm³/mol. The fourth-order valence-corrected chi connectivity index (χ4v) is 3.82. The number of aryl methyl sites for hydroxylation is 1. The number of rotatable bonds is 5. The standard InChI is InChI=1S/C21H26N4O3/c1-14-7-9-15(10-8-14)23-21(27)19-24-18(17-6-2-3-11-25(17)19)20(26)22-13-16-5-4-12-28-16/h7-10,16H,2-6,11-13H2,1H3,(H,22,26)(H,23,27). The van der Waals surface area contributed by atoms with Gasteiger partial charge in [0.15, 0.2) is 5.82 Å². The minimum atomic E-state index is -0.287. The summed E-state index contributed by atoms with van der Waals surface area (Å²) in [5, 5.41) is 5.82. The molecule has 0 aliphatic carbocycles. The molecule has 1 atom stereocenters. The highest BCUT2D eigenvalue weighted by Crippen LogP contribution is 2.22. The molecule has 7 heteroatoms. The van der Waals surface area contributed by atoms with Crippen LogP contribution in [0.3, 0.4) is 0 Å². The second kappa shape index (κ2) is 8.14. The van der Waals surface area contributed by atoms with E-state index in [1.54, 1.807) is 0 Å². The Hall–Kier alpha value is -2.67. The van der Waals surface area contributed by atoms with Gasteiger partial charge >= 0.3 is 0 Å². The van der Waals surface area contributed by atoms with Crippen molar-refractivity contribution in [2.24, 2.45) is 0 Å². The lowest BCUT2D eigenvalue weighted by molar-refractivity contribution is 0.0853. The van der Waals surface area contributed by atoms with Gasteiger partial charge in [-0.1, -0.05) is 17.7 Å². The highest BCUT2D eigenvalue weighted by atomic mass is 16.5. The molecule has 7 nitrogen and oxygen atoms in total. The number of hydrogen-bond acceptors (Lipinski definition) is 4. The van der Waals surface area contributed by atoms with Gasteiger partial charge in [-0.3, -0.25) is 9.59 Å². The van der Waals surface area contributed by atoms with Crippen LogP contribution >= 0.6 is 0 Å². The summed E-state index contributed by atoms with van der Waals surface area (Å²) in [6, 6.07) is 7.62. The Labute approximate surface area is 164 Å². The monoisotopic (exact) mass is 382 g/mol. The second-order valence-electron chi connectivity index (χ2n) is 7.50. The Morgan fingerprint density at radius 3 is 2.75 bits per heavy atom. The molecule has 0 bridgehead atoms. The number of hydrogen-bond donors (Lipinski definition) is 2. The lowest BCUT2D eigenvalue weighted by atomic mass is 10.1. The quantitative estimate of drug-likeness (QED) is 0.833. The Morgan fingerprint density at radius 2 is 2.00 bits per heavy atom. The van der Waals surface area contributed by atoms with Gasteiger partial charge in [0.05, 0.1) is 11.8 Å². The first-order valence-corrected chi connectivity index (χ1v) is 9.99. The van der Waals surface area contributed by atoms with E-state index in [2.05, 4.69) is 15.6 Å². The van der Waals surface area contributed by atoms with Crippen LogP contribution in [0.2, 0.25) is 0 Å². The van der Waals surface area contributed by atoms with E-state index in [1.165, 1.54) is 0 Å². The summed E-state index contributed by atoms with van der Waals surface area (Å²) in [5.74, 6) is -0.210. The van der Waals surface area contributed by atoms with Crippen molar-refractivity contribution in [1.29, 1.82) is 0 Å². The van der Waals surface area contributed by atoms with Gasteiger partial charge in [0, 0.05) is 25.4 Å². The molecule has 1 aromatic carbocycles. The van der Waals surface area contributed by atoms with Crippen molar-refractivity contribution < 1.29 is 14.3 Å². The van der Waals surface area contributed by atoms with Crippen LogP contribution in [0.4, 0.5) is 5.69 Å². The molecule has 28 heavy (non-hydrogen) atoms. The molecule has 0 radical (unpaired) electrons. The van der Waals surface area contributed by atoms with E-state index in [4.69, 9.17) is 4.74 Å². The number of aromatic nitrogens is 2. The number of imidazole rings is 1. The summed E-state index contributed by atoms with van der Waals surface area (Å²) in [6.45, 7) is 3.94. The van der Waals surface area contributed by atoms with Crippen LogP contribution in [0.25, 0.3) is 0 Å². The third-order valence-corrected chi connectivity index (χ3v) is 5.36. The molecule has 1 fully saturated rings. The average molecular weight is 382 g/mol. The molecule has 1 saturated heterocycles. The van der Waals surface area contributed by atoms with Crippen molar-refractivity contribution in [1.82, 2.24) is 14.9 Å². The van der Waals surface area contributed by atoms with Crippen LogP contribution in [-0.2, 0) is 17.7 Å². The highest BCUT2D eigenvalue weighted by molar-refractivity contribution is 6.03. The molecule has 2 aliphatic heterocycles. The van der Waals surface area contributed by atoms with Crippen molar-refractivity contribution in [3.8, 4) is 0 Å². The average Bonchev–Trinajstić information content (AvgIpc) is 3.36. The Kier molecular flexibility index (Phi) is 5.43. The summed E-state index contributed by atoms with van der Waals surface area (Å²) in [7, 11) is 0. The van der Waals surface area contributed by atoms with E-state index in [0.29, 0.717) is 30.3 Å². The Bertz CT molecular complexity index is 867. The number of nitrogens with zero attached hydrogens (tertiary/aromatic N) is 2. The third-order valence-electron chi connectivity index (χ3n) is 5.36. The van der Waals surface area contributed by atoms with Crippen LogP contribution in [-0.4, -0.2) is 40.6 Å². The molecule has 0 spiro atoms. The number of fused-ring (bicyclic) bond motifs is 1. The molecule has 2 aliphatic rings. The van der Waals surface area contributed by atoms with Crippen LogP contribution in [0.15, 0.2) is 24.3 Å². The van der Waals surface area contributed by atoms with Crippen molar-refractivity contribution in [3.05, 3.63) is 47.0 Å². The molecule has 4 rings (SSSR count).